The molecule has 0 bridgehead atoms. The molecule has 1 aromatic rings. The Morgan fingerprint density at radius 2 is 2.57 bits per heavy atom. The van der Waals surface area contributed by atoms with Crippen LogP contribution in [0.2, 0.25) is 0 Å². The van der Waals surface area contributed by atoms with Gasteiger partial charge in [0.25, 0.3) is 0 Å². The topological polar surface area (TPSA) is 82.1 Å². The Hall–Kier alpha value is -1.43. The van der Waals surface area contributed by atoms with Gasteiger partial charge in [-0.2, -0.15) is 15.4 Å². The average Bonchev–Trinajstić information content (AvgIpc) is 2.71. The van der Waals surface area contributed by atoms with E-state index in [-0.39, 0.29) is 5.91 Å². The van der Waals surface area contributed by atoms with Crippen LogP contribution in [0.3, 0.4) is 0 Å². The Balaban J connectivity index is 2.17. The van der Waals surface area contributed by atoms with Crippen molar-refractivity contribution in [2.24, 2.45) is 0 Å². The third-order valence-electron chi connectivity index (χ3n) is 2.58. The number of nitrogens with one attached hydrogen (secondary N) is 1. The van der Waals surface area contributed by atoms with Gasteiger partial charge >= 0.3 is 0 Å². The lowest BCUT2D eigenvalue weighted by Crippen LogP contribution is -2.33. The van der Waals surface area contributed by atoms with E-state index in [2.05, 4.69) is 15.4 Å². The highest BCUT2D eigenvalue weighted by atomic mass is 16.3. The zero-order valence-electron chi connectivity index (χ0n) is 7.90. The summed E-state index contributed by atoms with van der Waals surface area (Å²) in [7, 11) is 0. The molecule has 1 aromatic heterocycles. The number of carbonyl (C=O) groups is 1. The van der Waals surface area contributed by atoms with Crippen LogP contribution in [0.5, 0.6) is 0 Å². The summed E-state index contributed by atoms with van der Waals surface area (Å²) in [6, 6.07) is 0. The molecule has 0 aliphatic carbocycles. The first kappa shape index (κ1) is 9.14. The third-order valence-corrected chi connectivity index (χ3v) is 2.58. The number of H-pyrrole nitrogens is 1. The molecule has 1 aliphatic rings. The van der Waals surface area contributed by atoms with Gasteiger partial charge in [0.05, 0.1) is 12.7 Å². The summed E-state index contributed by atoms with van der Waals surface area (Å²) in [5, 5.41) is 20.1. The van der Waals surface area contributed by atoms with Crippen molar-refractivity contribution in [2.75, 3.05) is 13.1 Å². The second-order valence-corrected chi connectivity index (χ2v) is 3.58. The first-order valence-electron chi connectivity index (χ1n) is 4.46. The molecule has 0 radical (unpaired) electrons. The van der Waals surface area contributed by atoms with Crippen LogP contribution in [0.4, 0.5) is 0 Å². The van der Waals surface area contributed by atoms with Gasteiger partial charge in [0.15, 0.2) is 0 Å². The van der Waals surface area contributed by atoms with Crippen LogP contribution >= 0.6 is 0 Å². The van der Waals surface area contributed by atoms with Gasteiger partial charge in [0.1, 0.15) is 11.3 Å². The molecule has 0 spiro atoms. The molecule has 76 valence electrons. The number of aromatic nitrogens is 3. The second-order valence-electron chi connectivity index (χ2n) is 3.58. The summed E-state index contributed by atoms with van der Waals surface area (Å²) in [5.74, 6) is -0.0237. The first-order valence-corrected chi connectivity index (χ1v) is 4.46. The van der Waals surface area contributed by atoms with E-state index in [0.717, 1.165) is 0 Å². The summed E-state index contributed by atoms with van der Waals surface area (Å²) >= 11 is 0. The smallest absolute Gasteiger partial charge is 0.219 e. The average molecular weight is 196 g/mol. The second kappa shape index (κ2) is 3.06. The molecule has 1 atom stereocenters. The lowest BCUT2D eigenvalue weighted by Gasteiger charge is -2.19. The molecule has 14 heavy (non-hydrogen) atoms. The Kier molecular flexibility index (Phi) is 1.99. The predicted octanol–water partition coefficient (Wildman–Crippen LogP) is -0.756. The molecular weight excluding hydrogens is 184 g/mol. The van der Waals surface area contributed by atoms with E-state index in [1.807, 2.05) is 0 Å². The van der Waals surface area contributed by atoms with Crippen LogP contribution in [0.25, 0.3) is 0 Å². The lowest BCUT2D eigenvalue weighted by molar-refractivity contribution is -0.128. The molecule has 1 saturated heterocycles. The van der Waals surface area contributed by atoms with Crippen LogP contribution in [-0.4, -0.2) is 44.4 Å². The molecule has 2 N–H and O–H groups in total. The molecule has 1 fully saturated rings. The highest BCUT2D eigenvalue weighted by Crippen LogP contribution is 2.29. The van der Waals surface area contributed by atoms with Gasteiger partial charge in [-0.25, -0.2) is 0 Å². The first-order chi connectivity index (χ1) is 6.62. The number of aromatic amines is 1. The molecule has 1 aliphatic heterocycles. The number of β-amino-alcohol motifs (C(OH)–C–C–N with tert-alkyl or cyclic N) is 1. The number of amides is 1. The van der Waals surface area contributed by atoms with Crippen molar-refractivity contribution in [1.82, 2.24) is 20.3 Å². The van der Waals surface area contributed by atoms with Gasteiger partial charge < -0.3 is 10.0 Å². The molecule has 2 heterocycles. The molecular formula is C8H12N4O2. The molecule has 6 heteroatoms. The van der Waals surface area contributed by atoms with Crippen molar-refractivity contribution in [3.8, 4) is 0 Å². The van der Waals surface area contributed by atoms with Gasteiger partial charge in [-0.15, -0.1) is 0 Å². The molecule has 6 nitrogen and oxygen atoms in total. The van der Waals surface area contributed by atoms with E-state index in [9.17, 15) is 9.90 Å². The fourth-order valence-electron chi connectivity index (χ4n) is 1.70. The molecule has 0 saturated carbocycles. The van der Waals surface area contributed by atoms with E-state index >= 15 is 0 Å². The van der Waals surface area contributed by atoms with Crippen LogP contribution in [-0.2, 0) is 10.4 Å². The van der Waals surface area contributed by atoms with Crippen LogP contribution < -0.4 is 0 Å². The molecule has 0 aromatic carbocycles. The maximum Gasteiger partial charge on any atom is 0.219 e. The maximum atomic E-state index is 11.1. The monoisotopic (exact) mass is 196 g/mol. The minimum absolute atomic E-state index is 0.0237. The van der Waals surface area contributed by atoms with Gasteiger partial charge in [-0.05, 0) is 0 Å². The van der Waals surface area contributed by atoms with E-state index in [1.165, 1.54) is 13.1 Å². The van der Waals surface area contributed by atoms with E-state index < -0.39 is 5.60 Å². The fraction of sp³-hybridized carbons (Fsp3) is 0.625. The number of rotatable bonds is 1. The zero-order valence-corrected chi connectivity index (χ0v) is 7.90. The van der Waals surface area contributed by atoms with E-state index in [1.54, 1.807) is 4.90 Å². The number of aliphatic hydroxyl groups is 1. The number of carbonyl (C=O) groups excluding carboxylic acids is 1. The summed E-state index contributed by atoms with van der Waals surface area (Å²) in [4.78, 5) is 12.7. The maximum absolute atomic E-state index is 11.1. The zero-order chi connectivity index (χ0) is 10.2. The standard InChI is InChI=1S/C8H12N4O2/c1-6(13)12-3-2-8(14,5-12)7-4-9-11-10-7/h4,14H,2-3,5H2,1H3,(H,9,10,11). The van der Waals surface area contributed by atoms with Crippen LogP contribution in [0, 0.1) is 0 Å². The fourth-order valence-corrected chi connectivity index (χ4v) is 1.70. The van der Waals surface area contributed by atoms with Crippen molar-refractivity contribution >= 4 is 5.91 Å². The Bertz CT molecular complexity index is 337. The lowest BCUT2D eigenvalue weighted by atomic mass is 10.0. The van der Waals surface area contributed by atoms with Crippen molar-refractivity contribution in [3.63, 3.8) is 0 Å². The van der Waals surface area contributed by atoms with Crippen molar-refractivity contribution in [2.45, 2.75) is 18.9 Å². The SMILES string of the molecule is CC(=O)N1CCC(O)(c2cn[nH]n2)C1. The third kappa shape index (κ3) is 1.37. The van der Waals surface area contributed by atoms with E-state index in [4.69, 9.17) is 0 Å². The molecule has 2 rings (SSSR count). The Morgan fingerprint density at radius 3 is 3.07 bits per heavy atom. The van der Waals surface area contributed by atoms with Crippen molar-refractivity contribution < 1.29 is 9.90 Å². The summed E-state index contributed by atoms with van der Waals surface area (Å²) in [6.07, 6.45) is 2.00. The summed E-state index contributed by atoms with van der Waals surface area (Å²) in [5.41, 5.74) is -0.528. The predicted molar refractivity (Wildman–Crippen MR) is 47.2 cm³/mol. The normalized spacial score (nSPS) is 26.9. The van der Waals surface area contributed by atoms with Crippen LogP contribution in [0.1, 0.15) is 19.0 Å². The van der Waals surface area contributed by atoms with Crippen molar-refractivity contribution in [3.05, 3.63) is 11.9 Å². The Labute approximate surface area is 80.9 Å². The quantitative estimate of drug-likeness (QED) is 0.618. The number of likely N-dealkylation sites (tertiary alicyclic amines) is 1. The summed E-state index contributed by atoms with van der Waals surface area (Å²) in [6.45, 7) is 2.36. The summed E-state index contributed by atoms with van der Waals surface area (Å²) < 4.78 is 0. The largest absolute Gasteiger partial charge is 0.381 e. The molecule has 1 amide bonds. The van der Waals surface area contributed by atoms with Gasteiger partial charge in [-0.3, -0.25) is 4.79 Å². The van der Waals surface area contributed by atoms with Gasteiger partial charge in [0, 0.05) is 19.9 Å². The minimum atomic E-state index is -1.03. The highest BCUT2D eigenvalue weighted by molar-refractivity contribution is 5.73. The number of nitrogens with zero attached hydrogens (tertiary/aromatic N) is 3. The number of hydrogen-bond donors (Lipinski definition) is 2. The minimum Gasteiger partial charge on any atom is -0.381 e. The highest BCUT2D eigenvalue weighted by Gasteiger charge is 2.40. The number of hydrogen-bond acceptors (Lipinski definition) is 4. The van der Waals surface area contributed by atoms with E-state index in [0.29, 0.717) is 25.2 Å². The van der Waals surface area contributed by atoms with Gasteiger partial charge in [0.2, 0.25) is 5.91 Å². The van der Waals surface area contributed by atoms with Crippen LogP contribution in [0.15, 0.2) is 6.20 Å². The van der Waals surface area contributed by atoms with Gasteiger partial charge in [-0.1, -0.05) is 0 Å². The molecule has 1 unspecified atom stereocenters. The van der Waals surface area contributed by atoms with Crippen molar-refractivity contribution in [1.29, 1.82) is 0 Å². The Morgan fingerprint density at radius 1 is 1.79 bits per heavy atom.